The third-order valence-corrected chi connectivity index (χ3v) is 5.19. The molecule has 1 aliphatic heterocycles. The van der Waals surface area contributed by atoms with Crippen LogP contribution in [0.4, 0.5) is 5.69 Å². The van der Waals surface area contributed by atoms with Crippen LogP contribution in [0.25, 0.3) is 0 Å². The molecule has 0 unspecified atom stereocenters. The predicted molar refractivity (Wildman–Crippen MR) is 105 cm³/mol. The molecule has 0 amide bonds. The molecule has 2 rings (SSSR count). The first-order chi connectivity index (χ1) is 10.9. The number of rotatable bonds is 4. The summed E-state index contributed by atoms with van der Waals surface area (Å²) < 4.78 is 0. The standard InChI is InChI=1S/C18H28ClN3S/c1-12-9-13(2)17(16(19)10-12)21-18(23)20-11-15(4)22-8-6-5-7-14(22)3/h9-10,14-15H,5-8,11H2,1-4H3,(H2,20,21,23)/t14-,15+/m0/s1. The number of thiocarbonyl (C=S) groups is 1. The minimum absolute atomic E-state index is 0.472. The molecule has 3 nitrogen and oxygen atoms in total. The van der Waals surface area contributed by atoms with Crippen LogP contribution in [0.5, 0.6) is 0 Å². The van der Waals surface area contributed by atoms with Gasteiger partial charge >= 0.3 is 0 Å². The summed E-state index contributed by atoms with van der Waals surface area (Å²) in [4.78, 5) is 2.57. The fourth-order valence-electron chi connectivity index (χ4n) is 3.36. The lowest BCUT2D eigenvalue weighted by molar-refractivity contribution is 0.116. The second-order valence-corrected chi connectivity index (χ2v) is 7.52. The third-order valence-electron chi connectivity index (χ3n) is 4.65. The zero-order chi connectivity index (χ0) is 17.0. The van der Waals surface area contributed by atoms with Gasteiger partial charge in [0.05, 0.1) is 10.7 Å². The number of nitrogens with zero attached hydrogens (tertiary/aromatic N) is 1. The Morgan fingerprint density at radius 2 is 2.13 bits per heavy atom. The van der Waals surface area contributed by atoms with Crippen LogP contribution in [-0.2, 0) is 0 Å². The number of anilines is 1. The summed E-state index contributed by atoms with van der Waals surface area (Å²) in [6.45, 7) is 10.7. The quantitative estimate of drug-likeness (QED) is 0.779. The number of hydrogen-bond donors (Lipinski definition) is 2. The van der Waals surface area contributed by atoms with E-state index in [1.165, 1.54) is 25.8 Å². The van der Waals surface area contributed by atoms with Gasteiger partial charge in [-0.1, -0.05) is 24.1 Å². The average Bonchev–Trinajstić information content (AvgIpc) is 2.49. The molecule has 0 bridgehead atoms. The smallest absolute Gasteiger partial charge is 0.170 e. The van der Waals surface area contributed by atoms with E-state index in [4.69, 9.17) is 23.8 Å². The van der Waals surface area contributed by atoms with Gasteiger partial charge in [-0.2, -0.15) is 0 Å². The van der Waals surface area contributed by atoms with Crippen LogP contribution < -0.4 is 10.6 Å². The number of hydrogen-bond acceptors (Lipinski definition) is 2. The summed E-state index contributed by atoms with van der Waals surface area (Å²) in [6, 6.07) is 5.20. The van der Waals surface area contributed by atoms with Crippen molar-refractivity contribution in [2.45, 2.75) is 59.0 Å². The molecular formula is C18H28ClN3S. The lowest BCUT2D eigenvalue weighted by Gasteiger charge is -2.38. The Kier molecular flexibility index (Phi) is 6.69. The molecule has 1 saturated heterocycles. The minimum Gasteiger partial charge on any atom is -0.361 e. The van der Waals surface area contributed by atoms with Crippen LogP contribution in [0.3, 0.4) is 0 Å². The van der Waals surface area contributed by atoms with E-state index in [-0.39, 0.29) is 0 Å². The van der Waals surface area contributed by atoms with Gasteiger partial charge in [-0.25, -0.2) is 0 Å². The van der Waals surface area contributed by atoms with Gasteiger partial charge in [-0.3, -0.25) is 4.90 Å². The van der Waals surface area contributed by atoms with Crippen molar-refractivity contribution in [1.29, 1.82) is 0 Å². The molecule has 2 atom stereocenters. The lowest BCUT2D eigenvalue weighted by atomic mass is 10.0. The second kappa shape index (κ2) is 8.32. The third kappa shape index (κ3) is 5.07. The summed E-state index contributed by atoms with van der Waals surface area (Å²) in [5, 5.41) is 7.93. The summed E-state index contributed by atoms with van der Waals surface area (Å²) in [7, 11) is 0. The topological polar surface area (TPSA) is 27.3 Å². The zero-order valence-corrected chi connectivity index (χ0v) is 16.2. The normalized spacial score (nSPS) is 20.1. The molecule has 5 heteroatoms. The number of benzene rings is 1. The highest BCUT2D eigenvalue weighted by atomic mass is 35.5. The van der Waals surface area contributed by atoms with Crippen LogP contribution in [0.15, 0.2) is 12.1 Å². The Morgan fingerprint density at radius 3 is 2.78 bits per heavy atom. The fourth-order valence-corrected chi connectivity index (χ4v) is 3.92. The average molecular weight is 354 g/mol. The molecule has 128 valence electrons. The molecule has 0 aromatic heterocycles. The monoisotopic (exact) mass is 353 g/mol. The van der Waals surface area contributed by atoms with Gasteiger partial charge in [0.15, 0.2) is 5.11 Å². The molecule has 1 heterocycles. The highest BCUT2D eigenvalue weighted by molar-refractivity contribution is 7.80. The molecule has 0 spiro atoms. The van der Waals surface area contributed by atoms with E-state index in [9.17, 15) is 0 Å². The van der Waals surface area contributed by atoms with Gasteiger partial charge in [0.25, 0.3) is 0 Å². The Labute approximate surface area is 150 Å². The Hall–Kier alpha value is -0.840. The van der Waals surface area contributed by atoms with Crippen LogP contribution in [-0.4, -0.2) is 35.2 Å². The Balaban J connectivity index is 1.88. The Morgan fingerprint density at radius 1 is 1.39 bits per heavy atom. The van der Waals surface area contributed by atoms with E-state index in [0.717, 1.165) is 23.4 Å². The first-order valence-corrected chi connectivity index (χ1v) is 9.24. The van der Waals surface area contributed by atoms with Gasteiger partial charge in [-0.05, 0) is 76.5 Å². The van der Waals surface area contributed by atoms with Crippen LogP contribution in [0.1, 0.15) is 44.2 Å². The maximum atomic E-state index is 6.32. The van der Waals surface area contributed by atoms with Crippen molar-refractivity contribution in [3.8, 4) is 0 Å². The van der Waals surface area contributed by atoms with Gasteiger partial charge in [0.1, 0.15) is 0 Å². The van der Waals surface area contributed by atoms with Crippen molar-refractivity contribution < 1.29 is 0 Å². The summed E-state index contributed by atoms with van der Waals surface area (Å²) in [5.74, 6) is 0. The largest absolute Gasteiger partial charge is 0.361 e. The second-order valence-electron chi connectivity index (χ2n) is 6.71. The summed E-state index contributed by atoms with van der Waals surface area (Å²) >= 11 is 11.8. The molecule has 0 saturated carbocycles. The maximum Gasteiger partial charge on any atom is 0.170 e. The van der Waals surface area contributed by atoms with E-state index in [1.54, 1.807) is 0 Å². The van der Waals surface area contributed by atoms with Crippen LogP contribution >= 0.6 is 23.8 Å². The van der Waals surface area contributed by atoms with Crippen molar-refractivity contribution in [2.75, 3.05) is 18.4 Å². The van der Waals surface area contributed by atoms with E-state index in [0.29, 0.717) is 22.2 Å². The number of halogens is 1. The molecule has 1 fully saturated rings. The molecule has 0 radical (unpaired) electrons. The van der Waals surface area contributed by atoms with E-state index < -0.39 is 0 Å². The molecular weight excluding hydrogens is 326 g/mol. The van der Waals surface area contributed by atoms with Crippen molar-refractivity contribution in [2.24, 2.45) is 0 Å². The number of nitrogens with one attached hydrogen (secondary N) is 2. The number of likely N-dealkylation sites (tertiary alicyclic amines) is 1. The Bertz CT molecular complexity index is 538. The van der Waals surface area contributed by atoms with Gasteiger partial charge in [0.2, 0.25) is 0 Å². The van der Waals surface area contributed by atoms with Crippen LogP contribution in [0, 0.1) is 13.8 Å². The lowest BCUT2D eigenvalue weighted by Crippen LogP contribution is -2.49. The first-order valence-electron chi connectivity index (χ1n) is 8.46. The van der Waals surface area contributed by atoms with E-state index in [2.05, 4.69) is 35.4 Å². The van der Waals surface area contributed by atoms with Gasteiger partial charge in [0, 0.05) is 18.6 Å². The van der Waals surface area contributed by atoms with Crippen molar-refractivity contribution in [3.05, 3.63) is 28.3 Å². The highest BCUT2D eigenvalue weighted by Gasteiger charge is 2.23. The van der Waals surface area contributed by atoms with Crippen molar-refractivity contribution >= 4 is 34.6 Å². The van der Waals surface area contributed by atoms with Crippen molar-refractivity contribution in [1.82, 2.24) is 10.2 Å². The molecule has 1 aliphatic rings. The van der Waals surface area contributed by atoms with Crippen molar-refractivity contribution in [3.63, 3.8) is 0 Å². The van der Waals surface area contributed by atoms with Gasteiger partial charge < -0.3 is 10.6 Å². The number of aryl methyl sites for hydroxylation is 2. The first kappa shape index (κ1) is 18.5. The summed E-state index contributed by atoms with van der Waals surface area (Å²) in [6.07, 6.45) is 3.95. The summed E-state index contributed by atoms with van der Waals surface area (Å²) in [5.41, 5.74) is 3.16. The number of piperidine rings is 1. The fraction of sp³-hybridized carbons (Fsp3) is 0.611. The van der Waals surface area contributed by atoms with Crippen LogP contribution in [0.2, 0.25) is 5.02 Å². The molecule has 0 aliphatic carbocycles. The molecule has 23 heavy (non-hydrogen) atoms. The zero-order valence-electron chi connectivity index (χ0n) is 14.6. The molecule has 1 aromatic carbocycles. The van der Waals surface area contributed by atoms with E-state index >= 15 is 0 Å². The molecule has 2 N–H and O–H groups in total. The SMILES string of the molecule is Cc1cc(C)c(NC(=S)NC[C@@H](C)N2CCCC[C@@H]2C)c(Cl)c1. The predicted octanol–water partition coefficient (Wildman–Crippen LogP) is 4.51. The highest BCUT2D eigenvalue weighted by Crippen LogP contribution is 2.27. The van der Waals surface area contributed by atoms with Gasteiger partial charge in [-0.15, -0.1) is 0 Å². The maximum absolute atomic E-state index is 6.32. The molecule has 1 aromatic rings. The minimum atomic E-state index is 0.472. The van der Waals surface area contributed by atoms with E-state index in [1.807, 2.05) is 19.9 Å².